The van der Waals surface area contributed by atoms with Crippen LogP contribution in [0.4, 0.5) is 13.2 Å². The molecule has 0 saturated carbocycles. The van der Waals surface area contributed by atoms with Gasteiger partial charge in [-0.25, -0.2) is 9.50 Å². The van der Waals surface area contributed by atoms with Crippen LogP contribution in [0, 0.1) is 18.3 Å². The predicted octanol–water partition coefficient (Wildman–Crippen LogP) is 5.57. The van der Waals surface area contributed by atoms with Crippen LogP contribution in [0.2, 0.25) is 0 Å². The van der Waals surface area contributed by atoms with Crippen molar-refractivity contribution < 1.29 is 22.7 Å². The Morgan fingerprint density at radius 3 is 2.52 bits per heavy atom. The van der Waals surface area contributed by atoms with E-state index in [0.29, 0.717) is 35.8 Å². The molecular formula is C28H27F3N6O2S. The molecule has 12 heteroatoms. The number of benzene rings is 1. The fourth-order valence-electron chi connectivity index (χ4n) is 5.20. The van der Waals surface area contributed by atoms with Gasteiger partial charge in [0.1, 0.15) is 22.3 Å². The second-order valence-corrected chi connectivity index (χ2v) is 10.9. The number of nitriles is 1. The topological polar surface area (TPSA) is 86.8 Å². The second kappa shape index (κ2) is 10.6. The molecule has 0 aliphatic carbocycles. The Labute approximate surface area is 233 Å². The van der Waals surface area contributed by atoms with Crippen LogP contribution in [-0.2, 0) is 6.18 Å². The molecule has 0 bridgehead atoms. The fourth-order valence-corrected chi connectivity index (χ4v) is 6.09. The van der Waals surface area contributed by atoms with Crippen LogP contribution in [0.1, 0.15) is 51.3 Å². The molecule has 1 aliphatic heterocycles. The minimum atomic E-state index is -4.72. The highest BCUT2D eigenvalue weighted by Crippen LogP contribution is 2.37. The lowest BCUT2D eigenvalue weighted by atomic mass is 10.0. The molecule has 3 aromatic heterocycles. The first-order valence-electron chi connectivity index (χ1n) is 12.7. The predicted molar refractivity (Wildman–Crippen MR) is 144 cm³/mol. The van der Waals surface area contributed by atoms with Crippen LogP contribution in [0.5, 0.6) is 5.75 Å². The van der Waals surface area contributed by atoms with Gasteiger partial charge in [0, 0.05) is 47.7 Å². The number of ether oxygens (including phenoxy) is 1. The van der Waals surface area contributed by atoms with Crippen LogP contribution in [0.15, 0.2) is 42.6 Å². The smallest absolute Gasteiger partial charge is 0.433 e. The molecule has 5 rings (SSSR count). The third-order valence-corrected chi connectivity index (χ3v) is 8.52. The largest absolute Gasteiger partial charge is 0.497 e. The molecule has 1 amide bonds. The SMILES string of the molecule is COc1ccc(-c2nc3c(C(=O)N4CCN([C@@H](C)c5ccc(C#N)s5)C[C@H]4C)cnn3c(C(F)(F)F)c2C)cc1. The number of methoxy groups -OCH3 is 1. The zero-order valence-corrected chi connectivity index (χ0v) is 23.2. The first kappa shape index (κ1) is 27.6. The summed E-state index contributed by atoms with van der Waals surface area (Å²) >= 11 is 1.45. The number of aromatic nitrogens is 3. The third-order valence-electron chi connectivity index (χ3n) is 7.36. The van der Waals surface area contributed by atoms with Crippen molar-refractivity contribution in [2.45, 2.75) is 39.0 Å². The number of amides is 1. The summed E-state index contributed by atoms with van der Waals surface area (Å²) in [6, 6.07) is 12.3. The van der Waals surface area contributed by atoms with Crippen molar-refractivity contribution in [3.05, 3.63) is 69.2 Å². The van der Waals surface area contributed by atoms with Crippen LogP contribution in [-0.4, -0.2) is 63.1 Å². The normalized spacial score (nSPS) is 17.1. The van der Waals surface area contributed by atoms with Gasteiger partial charge in [-0.3, -0.25) is 9.69 Å². The number of thiophene rings is 1. The van der Waals surface area contributed by atoms with Gasteiger partial charge in [0.05, 0.1) is 19.0 Å². The summed E-state index contributed by atoms with van der Waals surface area (Å²) in [5.41, 5.74) is -0.589. The number of hydrogen-bond acceptors (Lipinski definition) is 7. The van der Waals surface area contributed by atoms with E-state index in [1.54, 1.807) is 35.2 Å². The number of nitrogens with zero attached hydrogens (tertiary/aromatic N) is 6. The minimum absolute atomic E-state index is 0.0190. The molecule has 4 heterocycles. The summed E-state index contributed by atoms with van der Waals surface area (Å²) < 4.78 is 48.7. The lowest BCUT2D eigenvalue weighted by molar-refractivity contribution is -0.143. The molecule has 8 nitrogen and oxygen atoms in total. The van der Waals surface area contributed by atoms with E-state index in [1.165, 1.54) is 31.6 Å². The lowest BCUT2D eigenvalue weighted by Crippen LogP contribution is -2.54. The average molecular weight is 569 g/mol. The molecule has 0 radical (unpaired) electrons. The fraction of sp³-hybridized carbons (Fsp3) is 0.357. The van der Waals surface area contributed by atoms with Crippen LogP contribution in [0.25, 0.3) is 16.9 Å². The highest BCUT2D eigenvalue weighted by Gasteiger charge is 2.39. The quantitative estimate of drug-likeness (QED) is 0.313. The molecule has 0 N–H and O–H groups in total. The van der Waals surface area contributed by atoms with E-state index in [-0.39, 0.29) is 34.6 Å². The van der Waals surface area contributed by atoms with Gasteiger partial charge in [-0.05, 0) is 57.2 Å². The van der Waals surface area contributed by atoms with Crippen molar-refractivity contribution in [1.82, 2.24) is 24.4 Å². The Hall–Kier alpha value is -3.95. The van der Waals surface area contributed by atoms with Crippen molar-refractivity contribution in [3.63, 3.8) is 0 Å². The molecule has 1 aromatic carbocycles. The Kier molecular flexibility index (Phi) is 7.29. The Morgan fingerprint density at radius 2 is 1.93 bits per heavy atom. The number of piperazine rings is 1. The molecule has 0 spiro atoms. The Balaban J connectivity index is 1.48. The molecule has 1 saturated heterocycles. The standard InChI is InChI=1S/C28H27F3N6O2S/c1-16-15-35(18(3)23-10-9-21(13-32)40-23)11-12-36(16)27(38)22-14-33-37-25(28(29,30)31)17(2)24(34-26(22)37)19-5-7-20(39-4)8-6-19/h5-10,14,16,18H,11-12,15H2,1-4H3/t16-,18+/m1/s1. The van der Waals surface area contributed by atoms with Gasteiger partial charge in [0.25, 0.3) is 5.91 Å². The van der Waals surface area contributed by atoms with E-state index in [2.05, 4.69) is 28.0 Å². The zero-order valence-electron chi connectivity index (χ0n) is 22.4. The number of rotatable bonds is 5. The number of hydrogen-bond donors (Lipinski definition) is 0. The zero-order chi connectivity index (χ0) is 28.8. The van der Waals surface area contributed by atoms with Gasteiger partial charge >= 0.3 is 6.18 Å². The number of carbonyl (C=O) groups excluding carboxylic acids is 1. The average Bonchev–Trinajstić information content (AvgIpc) is 3.58. The van der Waals surface area contributed by atoms with Crippen LogP contribution in [0.3, 0.4) is 0 Å². The number of carbonyl (C=O) groups is 1. The van der Waals surface area contributed by atoms with Crippen molar-refractivity contribution >= 4 is 22.9 Å². The van der Waals surface area contributed by atoms with E-state index in [0.717, 1.165) is 9.39 Å². The molecule has 1 aliphatic rings. The summed E-state index contributed by atoms with van der Waals surface area (Å²) in [6.07, 6.45) is -3.55. The summed E-state index contributed by atoms with van der Waals surface area (Å²) in [5.74, 6) is 0.147. The van der Waals surface area contributed by atoms with Gasteiger partial charge in [-0.1, -0.05) is 0 Å². The second-order valence-electron chi connectivity index (χ2n) is 9.79. The van der Waals surface area contributed by atoms with E-state index in [9.17, 15) is 18.0 Å². The number of halogens is 3. The van der Waals surface area contributed by atoms with Gasteiger partial charge in [0.2, 0.25) is 0 Å². The van der Waals surface area contributed by atoms with E-state index >= 15 is 0 Å². The van der Waals surface area contributed by atoms with Gasteiger partial charge in [0.15, 0.2) is 11.3 Å². The van der Waals surface area contributed by atoms with E-state index in [4.69, 9.17) is 10.00 Å². The van der Waals surface area contributed by atoms with Crippen molar-refractivity contribution in [3.8, 4) is 23.1 Å². The summed E-state index contributed by atoms with van der Waals surface area (Å²) in [4.78, 5) is 23.9. The maximum absolute atomic E-state index is 14.3. The Morgan fingerprint density at radius 1 is 1.20 bits per heavy atom. The molecule has 208 valence electrons. The molecule has 0 unspecified atom stereocenters. The summed E-state index contributed by atoms with van der Waals surface area (Å²) in [5, 5.41) is 13.1. The minimum Gasteiger partial charge on any atom is -0.497 e. The number of fused-ring (bicyclic) bond motifs is 1. The number of alkyl halides is 3. The maximum Gasteiger partial charge on any atom is 0.433 e. The molecule has 40 heavy (non-hydrogen) atoms. The molecule has 1 fully saturated rings. The summed E-state index contributed by atoms with van der Waals surface area (Å²) in [6.45, 7) is 6.87. The highest BCUT2D eigenvalue weighted by molar-refractivity contribution is 7.12. The van der Waals surface area contributed by atoms with Gasteiger partial charge < -0.3 is 9.64 Å². The Bertz CT molecular complexity index is 1610. The van der Waals surface area contributed by atoms with E-state index < -0.39 is 17.8 Å². The van der Waals surface area contributed by atoms with Crippen molar-refractivity contribution in [2.75, 3.05) is 26.7 Å². The van der Waals surface area contributed by atoms with Crippen LogP contribution < -0.4 is 4.74 Å². The summed E-state index contributed by atoms with van der Waals surface area (Å²) in [7, 11) is 1.50. The van der Waals surface area contributed by atoms with Crippen LogP contribution >= 0.6 is 11.3 Å². The molecule has 4 aromatic rings. The first-order chi connectivity index (χ1) is 19.0. The van der Waals surface area contributed by atoms with E-state index in [1.807, 2.05) is 13.0 Å². The van der Waals surface area contributed by atoms with Crippen molar-refractivity contribution in [1.29, 1.82) is 5.26 Å². The van der Waals surface area contributed by atoms with Gasteiger partial charge in [-0.15, -0.1) is 11.3 Å². The monoisotopic (exact) mass is 568 g/mol. The molecule has 2 atom stereocenters. The first-order valence-corrected chi connectivity index (χ1v) is 13.5. The van der Waals surface area contributed by atoms with Crippen molar-refractivity contribution in [2.24, 2.45) is 0 Å². The van der Waals surface area contributed by atoms with Gasteiger partial charge in [-0.2, -0.15) is 23.5 Å². The lowest BCUT2D eigenvalue weighted by Gasteiger charge is -2.42. The highest BCUT2D eigenvalue weighted by atomic mass is 32.1. The maximum atomic E-state index is 14.3. The molecular weight excluding hydrogens is 541 g/mol. The third kappa shape index (κ3) is 4.91.